The molecule has 0 radical (unpaired) electrons. The molecule has 0 atom stereocenters. The van der Waals surface area contributed by atoms with Gasteiger partial charge in [-0.3, -0.25) is 9.35 Å². The summed E-state index contributed by atoms with van der Waals surface area (Å²) in [5, 5.41) is 25.5. The van der Waals surface area contributed by atoms with E-state index >= 15 is 0 Å². The summed E-state index contributed by atoms with van der Waals surface area (Å²) >= 11 is 12.7. The van der Waals surface area contributed by atoms with E-state index in [0.29, 0.717) is 23.1 Å². The van der Waals surface area contributed by atoms with Crippen molar-refractivity contribution < 1.29 is 57.2 Å². The Morgan fingerprint density at radius 2 is 1.75 bits per heavy atom. The molecule has 9 nitrogen and oxygen atoms in total. The number of ether oxygens (including phenoxy) is 1. The number of hydrogen-bond acceptors (Lipinski definition) is 7. The zero-order chi connectivity index (χ0) is 28.3. The quantitative estimate of drug-likeness (QED) is 0.175. The van der Waals surface area contributed by atoms with E-state index in [2.05, 4.69) is 15.5 Å². The van der Waals surface area contributed by atoms with Gasteiger partial charge in [-0.2, -0.15) is 13.5 Å². The largest absolute Gasteiger partial charge is 1.00 e. The van der Waals surface area contributed by atoms with Crippen LogP contribution in [0.15, 0.2) is 75.8 Å². The second-order valence-electron chi connectivity index (χ2n) is 8.23. The maximum atomic E-state index is 13.5. The minimum Gasteiger partial charge on any atom is -0.870 e. The Balaban J connectivity index is 0.00000441. The van der Waals surface area contributed by atoms with E-state index in [0.717, 1.165) is 6.07 Å². The molecule has 0 heterocycles. The Hall–Kier alpha value is -2.70. The third kappa shape index (κ3) is 6.60. The Bertz CT molecular complexity index is 1730. The van der Waals surface area contributed by atoms with Gasteiger partial charge < -0.3 is 15.2 Å². The number of nitrogens with one attached hydrogen (secondary N) is 1. The molecule has 0 unspecified atom stereocenters. The van der Waals surface area contributed by atoms with Gasteiger partial charge >= 0.3 is 29.6 Å². The SMILES string of the molecule is CCOc1cccc(NC(=O)c2cc3ccccc3c(N=Nc3ccc(S(=O)(=O)O)c(CC)c3Cl)c2[O-])c1Cl.[Na+]. The molecule has 13 heteroatoms. The van der Waals surface area contributed by atoms with Crippen LogP contribution in [0.25, 0.3) is 10.8 Å². The number of fused-ring (bicyclic) bond motifs is 1. The van der Waals surface area contributed by atoms with Crippen LogP contribution in [0.3, 0.4) is 0 Å². The van der Waals surface area contributed by atoms with Gasteiger partial charge in [0.1, 0.15) is 16.5 Å². The molecule has 1 amide bonds. The summed E-state index contributed by atoms with van der Waals surface area (Å²) in [7, 11) is -4.51. The Labute approximate surface area is 263 Å². The molecule has 0 aliphatic carbocycles. The summed E-state index contributed by atoms with van der Waals surface area (Å²) in [5.74, 6) is -1.01. The van der Waals surface area contributed by atoms with Gasteiger partial charge in [0, 0.05) is 10.9 Å². The van der Waals surface area contributed by atoms with Gasteiger partial charge in [-0.1, -0.05) is 66.2 Å². The zero-order valence-electron chi connectivity index (χ0n) is 21.7. The number of rotatable bonds is 8. The van der Waals surface area contributed by atoms with E-state index in [1.807, 2.05) is 0 Å². The summed E-state index contributed by atoms with van der Waals surface area (Å²) in [6, 6.07) is 15.6. The molecule has 0 spiro atoms. The second kappa shape index (κ2) is 13.3. The number of amides is 1. The number of benzene rings is 4. The molecule has 2 N–H and O–H groups in total. The van der Waals surface area contributed by atoms with E-state index in [1.54, 1.807) is 56.3 Å². The molecule has 0 bridgehead atoms. The second-order valence-corrected chi connectivity index (χ2v) is 10.4. The van der Waals surface area contributed by atoms with Crippen LogP contribution in [-0.2, 0) is 16.5 Å². The van der Waals surface area contributed by atoms with Crippen LogP contribution in [-0.4, -0.2) is 25.5 Å². The van der Waals surface area contributed by atoms with E-state index < -0.39 is 21.8 Å². The van der Waals surface area contributed by atoms with Crippen LogP contribution < -0.4 is 44.7 Å². The van der Waals surface area contributed by atoms with Gasteiger partial charge in [0.25, 0.3) is 16.0 Å². The van der Waals surface area contributed by atoms with E-state index in [1.165, 1.54) is 12.1 Å². The molecule has 4 aromatic carbocycles. The van der Waals surface area contributed by atoms with Gasteiger partial charge in [0.15, 0.2) is 0 Å². The molecule has 0 fully saturated rings. The first-order valence-electron chi connectivity index (χ1n) is 11.7. The molecule has 202 valence electrons. The van der Waals surface area contributed by atoms with Crippen molar-refractivity contribution in [2.24, 2.45) is 10.2 Å². The molecule has 4 rings (SSSR count). The standard InChI is InChI=1S/C27H23Cl2N3O6S.Na/c1-3-16-22(39(35,36)37)13-12-20(23(16)28)31-32-25-17-9-6-5-8-15(17)14-18(26(25)33)27(34)30-19-10-7-11-21(24(19)29)38-4-2;/h5-14,33H,3-4H2,1-2H3,(H,30,34)(H,35,36,37);/q;+1/p-1. The van der Waals surface area contributed by atoms with Gasteiger partial charge in [-0.25, -0.2) is 0 Å². The first kappa shape index (κ1) is 31.8. The van der Waals surface area contributed by atoms with Crippen molar-refractivity contribution >= 4 is 67.1 Å². The summed E-state index contributed by atoms with van der Waals surface area (Å²) in [6.07, 6.45) is 0.190. The first-order chi connectivity index (χ1) is 18.6. The normalized spacial score (nSPS) is 11.4. The van der Waals surface area contributed by atoms with Crippen LogP contribution in [0.2, 0.25) is 10.0 Å². The zero-order valence-corrected chi connectivity index (χ0v) is 26.1. The molecular weight excluding hydrogens is 588 g/mol. The molecule has 40 heavy (non-hydrogen) atoms. The molecule has 0 aliphatic rings. The molecule has 0 saturated heterocycles. The third-order valence-electron chi connectivity index (χ3n) is 5.80. The fourth-order valence-electron chi connectivity index (χ4n) is 3.98. The maximum Gasteiger partial charge on any atom is 1.00 e. The van der Waals surface area contributed by atoms with E-state index in [-0.39, 0.29) is 79.1 Å². The maximum absolute atomic E-state index is 13.5. The Kier molecular flexibility index (Phi) is 10.6. The fourth-order valence-corrected chi connectivity index (χ4v) is 5.40. The number of halogens is 2. The average molecular weight is 610 g/mol. The van der Waals surface area contributed by atoms with Gasteiger partial charge in [0.2, 0.25) is 0 Å². The molecule has 0 aliphatic heterocycles. The first-order valence-corrected chi connectivity index (χ1v) is 13.9. The van der Waals surface area contributed by atoms with Crippen LogP contribution >= 0.6 is 23.2 Å². The van der Waals surface area contributed by atoms with Crippen LogP contribution in [0.5, 0.6) is 11.5 Å². The Morgan fingerprint density at radius 3 is 2.42 bits per heavy atom. The summed E-state index contributed by atoms with van der Waals surface area (Å²) < 4.78 is 38.4. The molecular formula is C27H22Cl2N3NaO6S. The molecule has 4 aromatic rings. The monoisotopic (exact) mass is 609 g/mol. The van der Waals surface area contributed by atoms with E-state index in [9.17, 15) is 22.9 Å². The minimum absolute atomic E-state index is 0. The number of nitrogens with zero attached hydrogens (tertiary/aromatic N) is 2. The van der Waals surface area contributed by atoms with Crippen LogP contribution in [0, 0.1) is 0 Å². The van der Waals surface area contributed by atoms with Gasteiger partial charge in [-0.15, -0.1) is 5.11 Å². The van der Waals surface area contributed by atoms with Crippen molar-refractivity contribution in [2.45, 2.75) is 25.2 Å². The van der Waals surface area contributed by atoms with Crippen molar-refractivity contribution in [3.8, 4) is 11.5 Å². The fraction of sp³-hybridized carbons (Fsp3) is 0.148. The summed E-state index contributed by atoms with van der Waals surface area (Å²) in [5.41, 5.74) is 0.199. The Morgan fingerprint density at radius 1 is 1.02 bits per heavy atom. The average Bonchev–Trinajstić information content (AvgIpc) is 2.90. The number of azo groups is 1. The van der Waals surface area contributed by atoms with Crippen molar-refractivity contribution in [2.75, 3.05) is 11.9 Å². The van der Waals surface area contributed by atoms with Crippen LogP contribution in [0.1, 0.15) is 29.8 Å². The van der Waals surface area contributed by atoms with Gasteiger partial charge in [-0.05, 0) is 54.6 Å². The number of anilines is 1. The number of carbonyl (C=O) groups is 1. The van der Waals surface area contributed by atoms with E-state index in [4.69, 9.17) is 27.9 Å². The smallest absolute Gasteiger partial charge is 0.870 e. The third-order valence-corrected chi connectivity index (χ3v) is 7.55. The number of hydrogen-bond donors (Lipinski definition) is 2. The topological polar surface area (TPSA) is 140 Å². The van der Waals surface area contributed by atoms with Crippen molar-refractivity contribution in [1.29, 1.82) is 0 Å². The van der Waals surface area contributed by atoms with Crippen molar-refractivity contribution in [3.05, 3.63) is 81.8 Å². The summed E-state index contributed by atoms with van der Waals surface area (Å²) in [6.45, 7) is 3.84. The number of carbonyl (C=O) groups excluding carboxylic acids is 1. The molecule has 0 aromatic heterocycles. The predicted molar refractivity (Wildman–Crippen MR) is 149 cm³/mol. The summed E-state index contributed by atoms with van der Waals surface area (Å²) in [4.78, 5) is 12.9. The van der Waals surface area contributed by atoms with Crippen molar-refractivity contribution in [1.82, 2.24) is 0 Å². The van der Waals surface area contributed by atoms with Crippen molar-refractivity contribution in [3.63, 3.8) is 0 Å². The van der Waals surface area contributed by atoms with Gasteiger partial charge in [0.05, 0.1) is 27.9 Å². The molecule has 0 saturated carbocycles. The van der Waals surface area contributed by atoms with Crippen LogP contribution in [0.4, 0.5) is 17.1 Å². The predicted octanol–water partition coefficient (Wildman–Crippen LogP) is 4.10. The minimum atomic E-state index is -4.51.